The lowest BCUT2D eigenvalue weighted by Crippen LogP contribution is -2.35. The first kappa shape index (κ1) is 13.6. The van der Waals surface area contributed by atoms with Crippen LogP contribution in [-0.4, -0.2) is 31.1 Å². The topological polar surface area (TPSA) is 93.2 Å². The van der Waals surface area contributed by atoms with Gasteiger partial charge in [0.15, 0.2) is 0 Å². The fourth-order valence-electron chi connectivity index (χ4n) is 1.47. The fraction of sp³-hybridized carbons (Fsp3) is 0.455. The van der Waals surface area contributed by atoms with E-state index in [1.165, 1.54) is 0 Å². The highest BCUT2D eigenvalue weighted by molar-refractivity contribution is 5.16. The molecule has 1 unspecified atom stereocenters. The quantitative estimate of drug-likeness (QED) is 0.258. The zero-order chi connectivity index (χ0) is 12.5. The first-order valence-corrected chi connectivity index (χ1v) is 5.58. The molecule has 0 fully saturated rings. The predicted molar refractivity (Wildman–Crippen MR) is 66.1 cm³/mol. The number of benzene rings is 1. The average Bonchev–Trinajstić information content (AvgIpc) is 2.34. The molecule has 1 rings (SSSR count). The summed E-state index contributed by atoms with van der Waals surface area (Å²) in [6.45, 7) is 2.47. The van der Waals surface area contributed by atoms with Gasteiger partial charge in [-0.25, -0.2) is 5.32 Å². The third kappa shape index (κ3) is 4.90. The molecule has 0 aliphatic heterocycles. The molecule has 0 bridgehead atoms. The van der Waals surface area contributed by atoms with Crippen molar-refractivity contribution in [2.45, 2.75) is 6.17 Å². The Bertz CT molecular complexity index is 332. The minimum absolute atomic E-state index is 0.321. The first-order valence-electron chi connectivity index (χ1n) is 5.58. The van der Waals surface area contributed by atoms with Crippen LogP contribution in [0.5, 0.6) is 0 Å². The third-order valence-corrected chi connectivity index (χ3v) is 2.29. The number of rotatable bonds is 8. The zero-order valence-corrected chi connectivity index (χ0v) is 9.63. The molecular weight excluding hydrogens is 220 g/mol. The van der Waals surface area contributed by atoms with Gasteiger partial charge in [0.1, 0.15) is 0 Å². The number of nitrogens with one attached hydrogen (secondary N) is 2. The summed E-state index contributed by atoms with van der Waals surface area (Å²) in [6.07, 6.45) is -0.851. The number of hydrogen-bond acceptors (Lipinski definition) is 5. The van der Waals surface area contributed by atoms with Crippen LogP contribution in [-0.2, 0) is 0 Å². The van der Waals surface area contributed by atoms with E-state index < -0.39 is 6.17 Å². The van der Waals surface area contributed by atoms with Crippen molar-refractivity contribution in [3.8, 4) is 0 Å². The van der Waals surface area contributed by atoms with Crippen LogP contribution in [0.3, 0.4) is 0 Å². The lowest BCUT2D eigenvalue weighted by molar-refractivity contribution is -0.536. The van der Waals surface area contributed by atoms with Crippen molar-refractivity contribution < 1.29 is 4.92 Å². The molecule has 1 atom stereocenters. The van der Waals surface area contributed by atoms with Crippen LogP contribution in [0.25, 0.3) is 0 Å². The van der Waals surface area contributed by atoms with Gasteiger partial charge in [0.2, 0.25) is 0 Å². The molecule has 6 nitrogen and oxygen atoms in total. The lowest BCUT2D eigenvalue weighted by atomic mass is 10.2. The largest absolute Gasteiger partial charge is 0.329 e. The van der Waals surface area contributed by atoms with Crippen molar-refractivity contribution in [3.63, 3.8) is 0 Å². The number of nitro groups is 1. The summed E-state index contributed by atoms with van der Waals surface area (Å²) in [4.78, 5) is 10.6. The summed E-state index contributed by atoms with van der Waals surface area (Å²) in [5, 5.41) is 16.9. The van der Waals surface area contributed by atoms with Gasteiger partial charge < -0.3 is 11.1 Å². The minimum Gasteiger partial charge on any atom is -0.329 e. The first-order chi connectivity index (χ1) is 8.25. The van der Waals surface area contributed by atoms with Crippen LogP contribution >= 0.6 is 0 Å². The summed E-state index contributed by atoms with van der Waals surface area (Å²) in [5.74, 6) is 0. The van der Waals surface area contributed by atoms with Crippen molar-refractivity contribution in [2.75, 3.05) is 26.2 Å². The molecule has 0 saturated heterocycles. The zero-order valence-electron chi connectivity index (χ0n) is 9.63. The number of nitrogens with zero attached hydrogens (tertiary/aromatic N) is 1. The van der Waals surface area contributed by atoms with Gasteiger partial charge in [-0.1, -0.05) is 30.3 Å². The highest BCUT2D eigenvalue weighted by atomic mass is 16.6. The number of hydrogen-bond donors (Lipinski definition) is 3. The summed E-state index contributed by atoms with van der Waals surface area (Å²) in [7, 11) is 0. The van der Waals surface area contributed by atoms with E-state index in [0.29, 0.717) is 25.2 Å². The van der Waals surface area contributed by atoms with Gasteiger partial charge in [0.05, 0.1) is 0 Å². The molecular formula is C11H18N4O2. The van der Waals surface area contributed by atoms with Gasteiger partial charge in [-0.15, -0.1) is 0 Å². The van der Waals surface area contributed by atoms with E-state index in [9.17, 15) is 10.1 Å². The van der Waals surface area contributed by atoms with E-state index in [4.69, 9.17) is 5.73 Å². The van der Waals surface area contributed by atoms with Gasteiger partial charge in [-0.05, 0) is 0 Å². The van der Waals surface area contributed by atoms with E-state index in [1.807, 2.05) is 6.07 Å². The van der Waals surface area contributed by atoms with Crippen molar-refractivity contribution in [1.82, 2.24) is 10.6 Å². The molecule has 0 amide bonds. The third-order valence-electron chi connectivity index (χ3n) is 2.29. The molecule has 0 saturated carbocycles. The highest BCUT2D eigenvalue weighted by Crippen LogP contribution is 2.12. The summed E-state index contributed by atoms with van der Waals surface area (Å²) >= 11 is 0. The molecule has 0 aromatic heterocycles. The van der Waals surface area contributed by atoms with E-state index >= 15 is 0 Å². The average molecular weight is 238 g/mol. The second kappa shape index (κ2) is 7.72. The molecule has 1 aromatic rings. The van der Waals surface area contributed by atoms with Crippen LogP contribution in [0.2, 0.25) is 0 Å². The van der Waals surface area contributed by atoms with E-state index in [0.717, 1.165) is 6.54 Å². The Kier molecular flexibility index (Phi) is 6.16. The fourth-order valence-corrected chi connectivity index (χ4v) is 1.47. The van der Waals surface area contributed by atoms with Crippen LogP contribution in [0.1, 0.15) is 11.7 Å². The normalized spacial score (nSPS) is 12.3. The Morgan fingerprint density at radius 2 is 1.94 bits per heavy atom. The highest BCUT2D eigenvalue weighted by Gasteiger charge is 2.20. The SMILES string of the molecule is NCCNCCNC(c1ccccc1)[N+](=O)[O-]. The molecule has 0 aliphatic carbocycles. The van der Waals surface area contributed by atoms with Gasteiger partial charge in [-0.3, -0.25) is 10.1 Å². The Balaban J connectivity index is 2.42. The Morgan fingerprint density at radius 3 is 2.53 bits per heavy atom. The minimum atomic E-state index is -0.851. The van der Waals surface area contributed by atoms with Crippen LogP contribution in [0.15, 0.2) is 30.3 Å². The molecule has 0 aliphatic rings. The van der Waals surface area contributed by atoms with Gasteiger partial charge in [0.25, 0.3) is 6.17 Å². The lowest BCUT2D eigenvalue weighted by Gasteiger charge is -2.11. The van der Waals surface area contributed by atoms with Gasteiger partial charge in [-0.2, -0.15) is 0 Å². The van der Waals surface area contributed by atoms with Gasteiger partial charge >= 0.3 is 0 Å². The van der Waals surface area contributed by atoms with E-state index in [1.54, 1.807) is 24.3 Å². The van der Waals surface area contributed by atoms with Gasteiger partial charge in [0, 0.05) is 36.7 Å². The molecule has 1 aromatic carbocycles. The Labute approximate surface area is 100 Å². The maximum atomic E-state index is 10.9. The molecule has 6 heteroatoms. The standard InChI is InChI=1S/C11H18N4O2/c12-6-7-13-8-9-14-11(15(16)17)10-4-2-1-3-5-10/h1-5,11,13-14H,6-9,12H2. The molecule has 0 spiro atoms. The summed E-state index contributed by atoms with van der Waals surface area (Å²) in [6, 6.07) is 8.91. The second-order valence-corrected chi connectivity index (χ2v) is 3.59. The van der Waals surface area contributed by atoms with Crippen molar-refractivity contribution >= 4 is 0 Å². The summed E-state index contributed by atoms with van der Waals surface area (Å²) in [5.41, 5.74) is 5.98. The van der Waals surface area contributed by atoms with E-state index in [-0.39, 0.29) is 4.92 Å². The Morgan fingerprint density at radius 1 is 1.24 bits per heavy atom. The maximum Gasteiger partial charge on any atom is 0.291 e. The molecule has 0 radical (unpaired) electrons. The second-order valence-electron chi connectivity index (χ2n) is 3.59. The molecule has 94 valence electrons. The van der Waals surface area contributed by atoms with Crippen molar-refractivity contribution in [2.24, 2.45) is 5.73 Å². The van der Waals surface area contributed by atoms with Crippen LogP contribution in [0, 0.1) is 10.1 Å². The van der Waals surface area contributed by atoms with E-state index in [2.05, 4.69) is 10.6 Å². The Hall–Kier alpha value is -1.50. The monoisotopic (exact) mass is 238 g/mol. The summed E-state index contributed by atoms with van der Waals surface area (Å²) < 4.78 is 0. The molecule has 17 heavy (non-hydrogen) atoms. The molecule has 0 heterocycles. The van der Waals surface area contributed by atoms with Crippen LogP contribution < -0.4 is 16.4 Å². The van der Waals surface area contributed by atoms with Crippen molar-refractivity contribution in [3.05, 3.63) is 46.0 Å². The predicted octanol–water partition coefficient (Wildman–Crippen LogP) is 0.0998. The smallest absolute Gasteiger partial charge is 0.291 e. The molecule has 4 N–H and O–H groups in total. The van der Waals surface area contributed by atoms with Crippen molar-refractivity contribution in [1.29, 1.82) is 0 Å². The maximum absolute atomic E-state index is 10.9. The number of nitrogens with two attached hydrogens (primary N) is 1. The van der Waals surface area contributed by atoms with Crippen LogP contribution in [0.4, 0.5) is 0 Å².